The molecular formula is C18H23NO3. The molecule has 1 aromatic rings. The number of amides is 1. The summed E-state index contributed by atoms with van der Waals surface area (Å²) < 4.78 is 4.83. The standard InChI is InChI=1S/C18H23NO3/c1-2-22-18(21)14-8-9-15-19-17(20)13-7-6-12-16-10-4-3-5-11-16/h3-7,10-13H,2,8-9,14-15H2,1H3,(H,19,20)/b12-6-,13-7-. The summed E-state index contributed by atoms with van der Waals surface area (Å²) in [5.74, 6) is -0.311. The summed E-state index contributed by atoms with van der Waals surface area (Å²) in [4.78, 5) is 22.6. The van der Waals surface area contributed by atoms with Crippen LogP contribution in [0.1, 0.15) is 31.7 Å². The number of nitrogens with one attached hydrogen (secondary N) is 1. The minimum absolute atomic E-state index is 0.131. The van der Waals surface area contributed by atoms with Crippen LogP contribution in [0, 0.1) is 0 Å². The minimum Gasteiger partial charge on any atom is -0.466 e. The Balaban J connectivity index is 2.12. The minimum atomic E-state index is -0.181. The van der Waals surface area contributed by atoms with Gasteiger partial charge in [0.1, 0.15) is 0 Å². The van der Waals surface area contributed by atoms with E-state index < -0.39 is 0 Å². The summed E-state index contributed by atoms with van der Waals surface area (Å²) >= 11 is 0. The van der Waals surface area contributed by atoms with Crippen LogP contribution in [-0.4, -0.2) is 25.0 Å². The predicted molar refractivity (Wildman–Crippen MR) is 88.1 cm³/mol. The summed E-state index contributed by atoms with van der Waals surface area (Å²) in [5.41, 5.74) is 1.09. The summed E-state index contributed by atoms with van der Waals surface area (Å²) in [6.45, 7) is 2.76. The van der Waals surface area contributed by atoms with Gasteiger partial charge in [0.05, 0.1) is 6.61 Å². The second-order valence-corrected chi connectivity index (χ2v) is 4.68. The SMILES string of the molecule is CCOC(=O)CCCCNC(=O)/C=C\C=C/c1ccccc1. The van der Waals surface area contributed by atoms with Gasteiger partial charge in [-0.05, 0) is 25.3 Å². The smallest absolute Gasteiger partial charge is 0.305 e. The maximum Gasteiger partial charge on any atom is 0.305 e. The molecule has 0 unspecified atom stereocenters. The Labute approximate surface area is 131 Å². The molecule has 0 spiro atoms. The highest BCUT2D eigenvalue weighted by Crippen LogP contribution is 2.00. The molecule has 4 nitrogen and oxygen atoms in total. The maximum absolute atomic E-state index is 11.5. The molecule has 1 aromatic carbocycles. The van der Waals surface area contributed by atoms with Gasteiger partial charge in [-0.25, -0.2) is 0 Å². The third-order valence-electron chi connectivity index (χ3n) is 2.86. The number of carbonyl (C=O) groups excluding carboxylic acids is 2. The van der Waals surface area contributed by atoms with Gasteiger partial charge >= 0.3 is 5.97 Å². The van der Waals surface area contributed by atoms with Gasteiger partial charge in [0, 0.05) is 19.0 Å². The van der Waals surface area contributed by atoms with Crippen LogP contribution in [0.2, 0.25) is 0 Å². The van der Waals surface area contributed by atoms with Crippen LogP contribution in [0.4, 0.5) is 0 Å². The van der Waals surface area contributed by atoms with Crippen molar-refractivity contribution in [2.24, 2.45) is 0 Å². The molecule has 0 bridgehead atoms. The van der Waals surface area contributed by atoms with E-state index in [9.17, 15) is 9.59 Å². The summed E-state index contributed by atoms with van der Waals surface area (Å²) in [5, 5.41) is 2.78. The van der Waals surface area contributed by atoms with Crippen molar-refractivity contribution in [1.82, 2.24) is 5.32 Å². The van der Waals surface area contributed by atoms with E-state index in [1.165, 1.54) is 6.08 Å². The lowest BCUT2D eigenvalue weighted by Gasteiger charge is -2.02. The van der Waals surface area contributed by atoms with Crippen molar-refractivity contribution in [3.63, 3.8) is 0 Å². The summed E-state index contributed by atoms with van der Waals surface area (Å²) in [6, 6.07) is 9.88. The van der Waals surface area contributed by atoms with E-state index in [1.54, 1.807) is 13.0 Å². The van der Waals surface area contributed by atoms with Gasteiger partial charge in [-0.15, -0.1) is 0 Å². The first-order valence-electron chi connectivity index (χ1n) is 7.55. The van der Waals surface area contributed by atoms with Crippen LogP contribution in [0.15, 0.2) is 48.6 Å². The Kier molecular flexibility index (Phi) is 9.10. The molecule has 22 heavy (non-hydrogen) atoms. The molecule has 1 amide bonds. The fourth-order valence-electron chi connectivity index (χ4n) is 1.77. The fraction of sp³-hybridized carbons (Fsp3) is 0.333. The molecule has 0 radical (unpaired) electrons. The van der Waals surface area contributed by atoms with Crippen molar-refractivity contribution in [3.05, 3.63) is 54.1 Å². The molecular weight excluding hydrogens is 278 g/mol. The molecule has 4 heteroatoms. The van der Waals surface area contributed by atoms with Gasteiger partial charge in [0.25, 0.3) is 0 Å². The van der Waals surface area contributed by atoms with E-state index in [0.717, 1.165) is 18.4 Å². The molecule has 0 aliphatic rings. The molecule has 118 valence electrons. The predicted octanol–water partition coefficient (Wildman–Crippen LogP) is 3.11. The Morgan fingerprint density at radius 2 is 1.91 bits per heavy atom. The highest BCUT2D eigenvalue weighted by Gasteiger charge is 2.00. The number of hydrogen-bond donors (Lipinski definition) is 1. The van der Waals surface area contributed by atoms with Crippen LogP contribution < -0.4 is 5.32 Å². The van der Waals surface area contributed by atoms with Crippen LogP contribution >= 0.6 is 0 Å². The monoisotopic (exact) mass is 301 g/mol. The van der Waals surface area contributed by atoms with E-state index in [0.29, 0.717) is 19.6 Å². The molecule has 0 saturated carbocycles. The first-order chi connectivity index (χ1) is 10.7. The number of ether oxygens (including phenoxy) is 1. The number of benzene rings is 1. The van der Waals surface area contributed by atoms with E-state index >= 15 is 0 Å². The van der Waals surface area contributed by atoms with Gasteiger partial charge in [-0.1, -0.05) is 48.6 Å². The summed E-state index contributed by atoms with van der Waals surface area (Å²) in [6.07, 6.45) is 8.85. The lowest BCUT2D eigenvalue weighted by molar-refractivity contribution is -0.143. The highest BCUT2D eigenvalue weighted by molar-refractivity contribution is 5.87. The van der Waals surface area contributed by atoms with Crippen molar-refractivity contribution in [2.75, 3.05) is 13.2 Å². The molecule has 1 N–H and O–H groups in total. The van der Waals surface area contributed by atoms with Crippen LogP contribution in [-0.2, 0) is 14.3 Å². The molecule has 0 fully saturated rings. The second kappa shape index (κ2) is 11.3. The topological polar surface area (TPSA) is 55.4 Å². The number of unbranched alkanes of at least 4 members (excludes halogenated alkanes) is 1. The lowest BCUT2D eigenvalue weighted by atomic mass is 10.2. The number of allylic oxidation sites excluding steroid dienone is 2. The molecule has 1 rings (SSSR count). The van der Waals surface area contributed by atoms with Gasteiger partial charge in [-0.2, -0.15) is 0 Å². The normalized spacial score (nSPS) is 11.0. The molecule has 0 aliphatic heterocycles. The van der Waals surface area contributed by atoms with Crippen molar-refractivity contribution in [3.8, 4) is 0 Å². The van der Waals surface area contributed by atoms with Crippen molar-refractivity contribution in [1.29, 1.82) is 0 Å². The van der Waals surface area contributed by atoms with E-state index in [4.69, 9.17) is 4.74 Å². The number of carbonyl (C=O) groups is 2. The zero-order chi connectivity index (χ0) is 16.0. The first kappa shape index (κ1) is 17.7. The lowest BCUT2D eigenvalue weighted by Crippen LogP contribution is -2.22. The summed E-state index contributed by atoms with van der Waals surface area (Å²) in [7, 11) is 0. The quantitative estimate of drug-likeness (QED) is 0.330. The Morgan fingerprint density at radius 1 is 1.14 bits per heavy atom. The van der Waals surface area contributed by atoms with Crippen molar-refractivity contribution < 1.29 is 14.3 Å². The van der Waals surface area contributed by atoms with Gasteiger partial charge in [-0.3, -0.25) is 9.59 Å². The fourth-order valence-corrected chi connectivity index (χ4v) is 1.77. The third-order valence-corrected chi connectivity index (χ3v) is 2.86. The van der Waals surface area contributed by atoms with Gasteiger partial charge in [0.15, 0.2) is 0 Å². The Bertz CT molecular complexity index is 506. The maximum atomic E-state index is 11.5. The number of esters is 1. The second-order valence-electron chi connectivity index (χ2n) is 4.68. The number of hydrogen-bond acceptors (Lipinski definition) is 3. The van der Waals surface area contributed by atoms with Crippen LogP contribution in [0.3, 0.4) is 0 Å². The van der Waals surface area contributed by atoms with E-state index in [-0.39, 0.29) is 11.9 Å². The largest absolute Gasteiger partial charge is 0.466 e. The zero-order valence-electron chi connectivity index (χ0n) is 13.0. The Hall–Kier alpha value is -2.36. The molecule has 0 aromatic heterocycles. The van der Waals surface area contributed by atoms with Crippen LogP contribution in [0.25, 0.3) is 6.08 Å². The van der Waals surface area contributed by atoms with E-state index in [2.05, 4.69) is 5.32 Å². The first-order valence-corrected chi connectivity index (χ1v) is 7.55. The number of rotatable bonds is 9. The Morgan fingerprint density at radius 3 is 2.64 bits per heavy atom. The molecule has 0 atom stereocenters. The molecule has 0 aliphatic carbocycles. The third kappa shape index (κ3) is 8.74. The van der Waals surface area contributed by atoms with Crippen LogP contribution in [0.5, 0.6) is 0 Å². The molecule has 0 saturated heterocycles. The molecule has 0 heterocycles. The van der Waals surface area contributed by atoms with Gasteiger partial charge in [0.2, 0.25) is 5.91 Å². The zero-order valence-corrected chi connectivity index (χ0v) is 13.0. The highest BCUT2D eigenvalue weighted by atomic mass is 16.5. The van der Waals surface area contributed by atoms with Crippen molar-refractivity contribution in [2.45, 2.75) is 26.2 Å². The van der Waals surface area contributed by atoms with E-state index in [1.807, 2.05) is 42.5 Å². The van der Waals surface area contributed by atoms with Gasteiger partial charge < -0.3 is 10.1 Å². The van der Waals surface area contributed by atoms with Crippen molar-refractivity contribution >= 4 is 18.0 Å². The average molecular weight is 301 g/mol. The average Bonchev–Trinajstić information content (AvgIpc) is 2.52.